The van der Waals surface area contributed by atoms with Gasteiger partial charge in [-0.3, -0.25) is 13.9 Å². The molecule has 4 N–H and O–H groups in total. The van der Waals surface area contributed by atoms with Crippen LogP contribution in [0.3, 0.4) is 0 Å². The Balaban J connectivity index is 1.57. The van der Waals surface area contributed by atoms with Crippen molar-refractivity contribution in [2.24, 2.45) is 0 Å². The molecule has 0 amide bonds. The Morgan fingerprint density at radius 2 is 1.39 bits per heavy atom. The summed E-state index contributed by atoms with van der Waals surface area (Å²) in [7, 11) is -8.99. The lowest BCUT2D eigenvalue weighted by Crippen LogP contribution is -2.30. The minimum Gasteiger partial charge on any atom is -0.480 e. The summed E-state index contributed by atoms with van der Waals surface area (Å²) in [6.45, 7) is 6.55. The average Bonchev–Trinajstić information content (AvgIpc) is 3.37. The molecule has 0 unspecified atom stereocenters. The molecule has 2 aliphatic rings. The molecule has 0 aliphatic carbocycles. The van der Waals surface area contributed by atoms with Crippen molar-refractivity contribution < 1.29 is 50.3 Å². The fraction of sp³-hybridized carbons (Fsp3) is 0.216. The normalized spacial score (nSPS) is 17.8. The molecule has 3 aromatic rings. The number of allylic oxidation sites excluding steroid dienone is 8. The fourth-order valence-electron chi connectivity index (χ4n) is 6.61. The van der Waals surface area contributed by atoms with E-state index in [2.05, 4.69) is 0 Å². The summed E-state index contributed by atoms with van der Waals surface area (Å²) in [6, 6.07) is 17.5. The highest BCUT2D eigenvalue weighted by molar-refractivity contribution is 7.86. The SMILES string of the molecule is CC1(C)C(/C=C/C=C(/C=C/C=C2/N(CC(=O)O)c3ccc(S(=O)(=O)O)cc3C2(C)C)c2ccccc2)=[N+](CC(=O)O)c2ccc(S(=O)(=O)O)cc21. The van der Waals surface area contributed by atoms with Crippen LogP contribution in [-0.2, 0) is 40.7 Å². The Kier molecular flexibility index (Phi) is 9.84. The summed E-state index contributed by atoms with van der Waals surface area (Å²) < 4.78 is 68.5. The van der Waals surface area contributed by atoms with Gasteiger partial charge in [0.05, 0.1) is 15.2 Å². The Hall–Kier alpha value is -5.15. The second kappa shape index (κ2) is 13.5. The van der Waals surface area contributed by atoms with Crippen LogP contribution in [0.4, 0.5) is 11.4 Å². The van der Waals surface area contributed by atoms with Gasteiger partial charge in [-0.1, -0.05) is 68.5 Å². The zero-order valence-corrected chi connectivity index (χ0v) is 29.8. The van der Waals surface area contributed by atoms with E-state index in [1.54, 1.807) is 33.8 Å². The van der Waals surface area contributed by atoms with Gasteiger partial charge in [0.2, 0.25) is 12.2 Å². The standard InChI is InChI=1S/C37H36N2O10S2/c1-36(2)28-20-26(50(44,45)46)16-18-30(28)38(22-34(40)41)32(36)14-8-12-25(24-10-6-5-7-11-24)13-9-15-33-37(3,4)29-21-27(51(47,48)49)17-19-31(29)39(33)23-35(42)43/h5-21H,22-23H2,1-4H3,(H3-,40,41,42,43,44,45,46,47,48,49)/p+1. The van der Waals surface area contributed by atoms with E-state index in [1.807, 2.05) is 70.2 Å². The Labute approximate surface area is 296 Å². The zero-order valence-electron chi connectivity index (χ0n) is 28.2. The molecule has 0 saturated heterocycles. The van der Waals surface area contributed by atoms with Crippen molar-refractivity contribution >= 4 is 54.8 Å². The number of nitrogens with zero attached hydrogens (tertiary/aromatic N) is 2. The third kappa shape index (κ3) is 7.49. The highest BCUT2D eigenvalue weighted by Crippen LogP contribution is 2.48. The highest BCUT2D eigenvalue weighted by Gasteiger charge is 2.46. The summed E-state index contributed by atoms with van der Waals surface area (Å²) in [5.74, 6) is -2.19. The van der Waals surface area contributed by atoms with Gasteiger partial charge in [-0.15, -0.1) is 0 Å². The van der Waals surface area contributed by atoms with E-state index in [-0.39, 0.29) is 22.9 Å². The smallest absolute Gasteiger partial charge is 0.370 e. The van der Waals surface area contributed by atoms with E-state index < -0.39 is 43.0 Å². The van der Waals surface area contributed by atoms with Gasteiger partial charge in [-0.25, -0.2) is 4.79 Å². The van der Waals surface area contributed by atoms with Gasteiger partial charge in [0.15, 0.2) is 5.71 Å². The number of carboxylic acid groups (broad SMARTS) is 2. The number of carboxylic acids is 2. The number of fused-ring (bicyclic) bond motifs is 2. The van der Waals surface area contributed by atoms with Crippen LogP contribution in [-0.4, -0.2) is 71.5 Å². The second-order valence-corrected chi connectivity index (χ2v) is 16.0. The molecule has 0 fully saturated rings. The third-order valence-electron chi connectivity index (χ3n) is 9.08. The van der Waals surface area contributed by atoms with Crippen molar-refractivity contribution in [2.75, 3.05) is 18.0 Å². The maximum atomic E-state index is 11.9. The maximum Gasteiger partial charge on any atom is 0.370 e. The number of carbonyl (C=O) groups is 2. The van der Waals surface area contributed by atoms with Crippen molar-refractivity contribution in [2.45, 2.75) is 48.3 Å². The highest BCUT2D eigenvalue weighted by atomic mass is 32.2. The monoisotopic (exact) mass is 733 g/mol. The average molecular weight is 734 g/mol. The summed E-state index contributed by atoms with van der Waals surface area (Å²) in [6.07, 6.45) is 10.7. The second-order valence-electron chi connectivity index (χ2n) is 13.2. The maximum absolute atomic E-state index is 11.9. The number of hydrogen-bond donors (Lipinski definition) is 4. The van der Waals surface area contributed by atoms with Crippen LogP contribution in [0.5, 0.6) is 0 Å². The Morgan fingerprint density at radius 3 is 1.98 bits per heavy atom. The quantitative estimate of drug-likeness (QED) is 0.109. The molecule has 266 valence electrons. The Morgan fingerprint density at radius 1 is 0.784 bits per heavy atom. The number of rotatable bonds is 11. The molecule has 51 heavy (non-hydrogen) atoms. The van der Waals surface area contributed by atoms with Crippen LogP contribution in [0.2, 0.25) is 0 Å². The predicted molar refractivity (Wildman–Crippen MR) is 192 cm³/mol. The van der Waals surface area contributed by atoms with Crippen LogP contribution < -0.4 is 4.90 Å². The van der Waals surface area contributed by atoms with Crippen LogP contribution in [0.25, 0.3) is 5.57 Å². The summed E-state index contributed by atoms with van der Waals surface area (Å²) in [4.78, 5) is 24.8. The number of benzene rings is 3. The van der Waals surface area contributed by atoms with Crippen molar-refractivity contribution in [3.63, 3.8) is 0 Å². The predicted octanol–water partition coefficient (Wildman–Crippen LogP) is 5.60. The van der Waals surface area contributed by atoms with Gasteiger partial charge in [-0.2, -0.15) is 21.4 Å². The molecule has 0 radical (unpaired) electrons. The minimum absolute atomic E-state index is 0.297. The van der Waals surface area contributed by atoms with Crippen LogP contribution in [0.1, 0.15) is 44.4 Å². The van der Waals surface area contributed by atoms with E-state index in [0.717, 1.165) is 11.1 Å². The number of anilines is 1. The summed E-state index contributed by atoms with van der Waals surface area (Å²) >= 11 is 0. The first-order chi connectivity index (χ1) is 23.7. The molecule has 3 aromatic carbocycles. The first-order valence-corrected chi connectivity index (χ1v) is 18.5. The molecule has 0 atom stereocenters. The molecule has 5 rings (SSSR count). The van der Waals surface area contributed by atoms with Crippen LogP contribution in [0, 0.1) is 0 Å². The molecule has 14 heteroatoms. The molecular weight excluding hydrogens is 697 g/mol. The molecular formula is C37H37N2O10S2+. The van der Waals surface area contributed by atoms with Gasteiger partial charge in [-0.05, 0) is 67.0 Å². The van der Waals surface area contributed by atoms with Gasteiger partial charge in [0.1, 0.15) is 6.54 Å². The topological polar surface area (TPSA) is 190 Å². The number of aliphatic carboxylic acids is 2. The first kappa shape index (κ1) is 37.1. The first-order valence-electron chi connectivity index (χ1n) is 15.7. The van der Waals surface area contributed by atoms with E-state index in [1.165, 1.54) is 36.4 Å². The molecule has 0 aromatic heterocycles. The van der Waals surface area contributed by atoms with E-state index in [4.69, 9.17) is 0 Å². The molecule has 0 bridgehead atoms. The fourth-order valence-corrected chi connectivity index (χ4v) is 7.62. The van der Waals surface area contributed by atoms with Crippen LogP contribution >= 0.6 is 0 Å². The van der Waals surface area contributed by atoms with Crippen molar-refractivity contribution in [3.8, 4) is 0 Å². The van der Waals surface area contributed by atoms with Gasteiger partial charge >= 0.3 is 11.9 Å². The van der Waals surface area contributed by atoms with E-state index in [0.29, 0.717) is 33.9 Å². The number of hydrogen-bond acceptors (Lipinski definition) is 7. The summed E-state index contributed by atoms with van der Waals surface area (Å²) in [5.41, 5.74) is 3.14. The minimum atomic E-state index is -4.50. The van der Waals surface area contributed by atoms with Crippen LogP contribution in [0.15, 0.2) is 119 Å². The summed E-state index contributed by atoms with van der Waals surface area (Å²) in [5, 5.41) is 19.4. The molecule has 2 aliphatic heterocycles. The van der Waals surface area contributed by atoms with Gasteiger partial charge in [0.25, 0.3) is 20.2 Å². The van der Waals surface area contributed by atoms with E-state index in [9.17, 15) is 45.7 Å². The molecule has 0 spiro atoms. The Bertz CT molecular complexity index is 2320. The van der Waals surface area contributed by atoms with Crippen molar-refractivity contribution in [3.05, 3.63) is 126 Å². The van der Waals surface area contributed by atoms with Crippen molar-refractivity contribution in [1.82, 2.24) is 0 Å². The largest absolute Gasteiger partial charge is 0.480 e. The van der Waals surface area contributed by atoms with Crippen molar-refractivity contribution in [1.29, 1.82) is 0 Å². The molecule has 0 saturated carbocycles. The molecule has 12 nitrogen and oxygen atoms in total. The lowest BCUT2D eigenvalue weighted by Gasteiger charge is -2.25. The van der Waals surface area contributed by atoms with Gasteiger partial charge in [0, 0.05) is 34.5 Å². The van der Waals surface area contributed by atoms with E-state index >= 15 is 0 Å². The lowest BCUT2D eigenvalue weighted by molar-refractivity contribution is -0.428. The van der Waals surface area contributed by atoms with Gasteiger partial charge < -0.3 is 15.1 Å². The zero-order chi connectivity index (χ0) is 37.5. The lowest BCUT2D eigenvalue weighted by atomic mass is 9.81. The third-order valence-corrected chi connectivity index (χ3v) is 10.8. The molecule has 2 heterocycles.